The van der Waals surface area contributed by atoms with Crippen molar-refractivity contribution in [2.24, 2.45) is 0 Å². The van der Waals surface area contributed by atoms with Crippen molar-refractivity contribution in [1.29, 1.82) is 5.26 Å². The molecule has 1 aliphatic heterocycles. The number of anilines is 1. The van der Waals surface area contributed by atoms with Gasteiger partial charge in [0.25, 0.3) is 5.91 Å². The van der Waals surface area contributed by atoms with Crippen LogP contribution >= 0.6 is 0 Å². The fourth-order valence-electron chi connectivity index (χ4n) is 3.10. The number of imide groups is 1. The highest BCUT2D eigenvalue weighted by Crippen LogP contribution is 2.30. The number of urea groups is 1. The van der Waals surface area contributed by atoms with E-state index in [4.69, 9.17) is 10.00 Å². The molecule has 1 fully saturated rings. The van der Waals surface area contributed by atoms with Crippen LogP contribution in [0.2, 0.25) is 0 Å². The molecule has 1 aliphatic rings. The molecule has 0 aliphatic carbocycles. The van der Waals surface area contributed by atoms with Crippen LogP contribution in [0.1, 0.15) is 18.1 Å². The number of hydrogen-bond acceptors (Lipinski definition) is 5. The van der Waals surface area contributed by atoms with Crippen LogP contribution in [0.4, 0.5) is 10.5 Å². The van der Waals surface area contributed by atoms with Gasteiger partial charge in [-0.1, -0.05) is 24.3 Å². The molecule has 1 heterocycles. The lowest BCUT2D eigenvalue weighted by atomic mass is 9.92. The number of amides is 4. The summed E-state index contributed by atoms with van der Waals surface area (Å²) in [6.07, 6.45) is 0.278. The monoisotopic (exact) mass is 392 g/mol. The summed E-state index contributed by atoms with van der Waals surface area (Å²) in [7, 11) is 1.54. The summed E-state index contributed by atoms with van der Waals surface area (Å²) in [6.45, 7) is 1.19. The second-order valence-corrected chi connectivity index (χ2v) is 6.75. The van der Waals surface area contributed by atoms with Crippen molar-refractivity contribution in [2.45, 2.75) is 18.9 Å². The fraction of sp³-hybridized carbons (Fsp3) is 0.238. The summed E-state index contributed by atoms with van der Waals surface area (Å²) < 4.78 is 5.11. The lowest BCUT2D eigenvalue weighted by Gasteiger charge is -2.22. The van der Waals surface area contributed by atoms with Gasteiger partial charge in [-0.25, -0.2) is 4.79 Å². The molecule has 0 saturated carbocycles. The third-order valence-corrected chi connectivity index (χ3v) is 4.76. The molecule has 4 amide bonds. The zero-order valence-corrected chi connectivity index (χ0v) is 16.1. The fourth-order valence-corrected chi connectivity index (χ4v) is 3.10. The summed E-state index contributed by atoms with van der Waals surface area (Å²) in [5.74, 6) is -0.376. The van der Waals surface area contributed by atoms with Crippen LogP contribution in [0.15, 0.2) is 48.5 Å². The molecule has 8 heteroatoms. The normalized spacial score (nSPS) is 18.2. The molecular weight excluding hydrogens is 372 g/mol. The Labute approximate surface area is 168 Å². The minimum atomic E-state index is -1.26. The van der Waals surface area contributed by atoms with E-state index >= 15 is 0 Å². The van der Waals surface area contributed by atoms with Crippen LogP contribution < -0.4 is 15.4 Å². The van der Waals surface area contributed by atoms with Crippen molar-refractivity contribution in [1.82, 2.24) is 10.2 Å². The van der Waals surface area contributed by atoms with Gasteiger partial charge in [-0.2, -0.15) is 5.26 Å². The Balaban J connectivity index is 1.69. The Bertz CT molecular complexity index is 979. The standard InChI is InChI=1S/C21H20N4O4/c1-21(15-5-9-17(29-2)10-6-15)19(27)25(20(28)24-21)13-18(26)23-16-7-3-14(4-8-16)11-12-22/h3-10H,11,13H2,1-2H3,(H,23,26)(H,24,28)/t21-/m1/s1. The number of benzene rings is 2. The van der Waals surface area contributed by atoms with Gasteiger partial charge >= 0.3 is 6.03 Å². The van der Waals surface area contributed by atoms with E-state index in [9.17, 15) is 14.4 Å². The van der Waals surface area contributed by atoms with Crippen molar-refractivity contribution < 1.29 is 19.1 Å². The Hall–Kier alpha value is -3.86. The summed E-state index contributed by atoms with van der Waals surface area (Å²) >= 11 is 0. The van der Waals surface area contributed by atoms with E-state index in [1.165, 1.54) is 7.11 Å². The van der Waals surface area contributed by atoms with E-state index < -0.39 is 29.9 Å². The minimum absolute atomic E-state index is 0.278. The summed E-state index contributed by atoms with van der Waals surface area (Å²) in [5.41, 5.74) is 0.673. The molecule has 1 atom stereocenters. The predicted molar refractivity (Wildman–Crippen MR) is 105 cm³/mol. The average molecular weight is 392 g/mol. The molecule has 0 aromatic heterocycles. The number of nitrogens with zero attached hydrogens (tertiary/aromatic N) is 2. The average Bonchev–Trinajstić information content (AvgIpc) is 2.93. The SMILES string of the molecule is COc1ccc([C@@]2(C)NC(=O)N(CC(=O)Nc3ccc(CC#N)cc3)C2=O)cc1. The quantitative estimate of drug-likeness (QED) is 0.732. The van der Waals surface area contributed by atoms with Crippen molar-refractivity contribution in [2.75, 3.05) is 19.0 Å². The first-order valence-corrected chi connectivity index (χ1v) is 8.92. The molecule has 29 heavy (non-hydrogen) atoms. The molecule has 2 aromatic carbocycles. The smallest absolute Gasteiger partial charge is 0.325 e. The van der Waals surface area contributed by atoms with Gasteiger partial charge in [0, 0.05) is 5.69 Å². The largest absolute Gasteiger partial charge is 0.497 e. The maximum Gasteiger partial charge on any atom is 0.325 e. The Morgan fingerprint density at radius 3 is 2.41 bits per heavy atom. The van der Waals surface area contributed by atoms with E-state index in [0.717, 1.165) is 10.5 Å². The first kappa shape index (κ1) is 19.9. The number of methoxy groups -OCH3 is 1. The number of nitriles is 1. The molecule has 2 N–H and O–H groups in total. The summed E-state index contributed by atoms with van der Waals surface area (Å²) in [5, 5.41) is 14.0. The molecule has 2 aromatic rings. The van der Waals surface area contributed by atoms with E-state index in [2.05, 4.69) is 10.6 Å². The molecule has 0 bridgehead atoms. The molecule has 1 saturated heterocycles. The molecule has 148 valence electrons. The van der Waals surface area contributed by atoms with Gasteiger partial charge in [0.1, 0.15) is 17.8 Å². The zero-order chi connectivity index (χ0) is 21.0. The number of ether oxygens (including phenoxy) is 1. The number of carbonyl (C=O) groups excluding carboxylic acids is 3. The van der Waals surface area contributed by atoms with Gasteiger partial charge in [0.2, 0.25) is 5.91 Å². The summed E-state index contributed by atoms with van der Waals surface area (Å²) in [4.78, 5) is 38.5. The molecule has 3 rings (SSSR count). The third kappa shape index (κ3) is 4.04. The highest BCUT2D eigenvalue weighted by Gasteiger charge is 2.49. The van der Waals surface area contributed by atoms with Crippen molar-refractivity contribution >= 4 is 23.5 Å². The second-order valence-electron chi connectivity index (χ2n) is 6.75. The molecule has 0 radical (unpaired) electrons. The second kappa shape index (κ2) is 8.02. The third-order valence-electron chi connectivity index (χ3n) is 4.76. The van der Waals surface area contributed by atoms with Gasteiger partial charge < -0.3 is 15.4 Å². The van der Waals surface area contributed by atoms with Gasteiger partial charge in [-0.05, 0) is 42.3 Å². The van der Waals surface area contributed by atoms with E-state index in [0.29, 0.717) is 17.0 Å². The maximum absolute atomic E-state index is 12.9. The number of rotatable bonds is 6. The van der Waals surface area contributed by atoms with Crippen LogP contribution in [-0.2, 0) is 21.5 Å². The van der Waals surface area contributed by atoms with Gasteiger partial charge in [0.15, 0.2) is 0 Å². The van der Waals surface area contributed by atoms with Crippen LogP contribution in [0.25, 0.3) is 0 Å². The van der Waals surface area contributed by atoms with Crippen molar-refractivity contribution in [3.63, 3.8) is 0 Å². The van der Waals surface area contributed by atoms with Crippen molar-refractivity contribution in [3.05, 3.63) is 59.7 Å². The number of nitrogens with one attached hydrogen (secondary N) is 2. The minimum Gasteiger partial charge on any atom is -0.497 e. The number of hydrogen-bond donors (Lipinski definition) is 2. The highest BCUT2D eigenvalue weighted by molar-refractivity contribution is 6.10. The van der Waals surface area contributed by atoms with Gasteiger partial charge in [-0.15, -0.1) is 0 Å². The zero-order valence-electron chi connectivity index (χ0n) is 16.1. The lowest BCUT2D eigenvalue weighted by molar-refractivity contribution is -0.133. The van der Waals surface area contributed by atoms with Crippen LogP contribution in [-0.4, -0.2) is 36.4 Å². The van der Waals surface area contributed by atoms with Crippen LogP contribution in [0, 0.1) is 11.3 Å². The van der Waals surface area contributed by atoms with Crippen LogP contribution in [0.5, 0.6) is 5.75 Å². The summed E-state index contributed by atoms with van der Waals surface area (Å²) in [6, 6.07) is 15.0. The maximum atomic E-state index is 12.9. The molecule has 0 unspecified atom stereocenters. The van der Waals surface area contributed by atoms with Gasteiger partial charge in [0.05, 0.1) is 19.6 Å². The lowest BCUT2D eigenvalue weighted by Crippen LogP contribution is -2.42. The first-order valence-electron chi connectivity index (χ1n) is 8.92. The molecule has 8 nitrogen and oxygen atoms in total. The number of carbonyl (C=O) groups is 3. The Kier molecular flexibility index (Phi) is 5.50. The Morgan fingerprint density at radius 1 is 1.17 bits per heavy atom. The van der Waals surface area contributed by atoms with E-state index in [1.807, 2.05) is 6.07 Å². The topological polar surface area (TPSA) is 112 Å². The van der Waals surface area contributed by atoms with E-state index in [1.54, 1.807) is 55.5 Å². The van der Waals surface area contributed by atoms with Crippen LogP contribution in [0.3, 0.4) is 0 Å². The van der Waals surface area contributed by atoms with Gasteiger partial charge in [-0.3, -0.25) is 14.5 Å². The van der Waals surface area contributed by atoms with Crippen molar-refractivity contribution in [3.8, 4) is 11.8 Å². The first-order chi connectivity index (χ1) is 13.9. The molecule has 0 spiro atoms. The predicted octanol–water partition coefficient (Wildman–Crippen LogP) is 2.17. The molecular formula is C21H20N4O4. The van der Waals surface area contributed by atoms with E-state index in [-0.39, 0.29) is 6.42 Å². The Morgan fingerprint density at radius 2 is 1.83 bits per heavy atom. The highest BCUT2D eigenvalue weighted by atomic mass is 16.5.